The molecule has 154 valence electrons. The van der Waals surface area contributed by atoms with Gasteiger partial charge in [-0.15, -0.1) is 12.4 Å². The first kappa shape index (κ1) is 21.8. The number of ketones is 1. The van der Waals surface area contributed by atoms with Gasteiger partial charge in [-0.3, -0.25) is 14.5 Å². The standard InChI is InChI=1S/C22H22ClFN2O2.ClH/c23-18-3-6-20-17(11-18)13-26(22(20)28)12-15-7-9-25(10-8-15)14-21(27)16-1-4-19(24)5-2-16;/h1-6,11,15H,7-10,12-14H2;1H. The fraction of sp³-hybridized carbons (Fsp3) is 0.364. The summed E-state index contributed by atoms with van der Waals surface area (Å²) in [6, 6.07) is 11.1. The van der Waals surface area contributed by atoms with Crippen LogP contribution in [0.2, 0.25) is 5.02 Å². The van der Waals surface area contributed by atoms with Gasteiger partial charge in [0.15, 0.2) is 5.78 Å². The number of nitrogens with zero attached hydrogens (tertiary/aromatic N) is 2. The number of piperidine rings is 1. The highest BCUT2D eigenvalue weighted by Gasteiger charge is 2.30. The monoisotopic (exact) mass is 436 g/mol. The Labute approximate surface area is 181 Å². The number of amides is 1. The summed E-state index contributed by atoms with van der Waals surface area (Å²) in [4.78, 5) is 29.0. The van der Waals surface area contributed by atoms with E-state index in [-0.39, 0.29) is 29.9 Å². The van der Waals surface area contributed by atoms with Crippen molar-refractivity contribution < 1.29 is 14.0 Å². The highest BCUT2D eigenvalue weighted by atomic mass is 35.5. The second-order valence-electron chi connectivity index (χ2n) is 7.64. The number of hydrogen-bond donors (Lipinski definition) is 0. The summed E-state index contributed by atoms with van der Waals surface area (Å²) in [6.45, 7) is 3.38. The molecule has 4 nitrogen and oxygen atoms in total. The summed E-state index contributed by atoms with van der Waals surface area (Å²) in [5.74, 6) is 0.199. The van der Waals surface area contributed by atoms with E-state index in [1.807, 2.05) is 17.0 Å². The molecule has 0 atom stereocenters. The number of halogens is 3. The Morgan fingerprint density at radius 3 is 2.48 bits per heavy atom. The first-order valence-corrected chi connectivity index (χ1v) is 9.96. The van der Waals surface area contributed by atoms with Crippen molar-refractivity contribution in [3.63, 3.8) is 0 Å². The predicted octanol–water partition coefficient (Wildman–Crippen LogP) is 4.45. The van der Waals surface area contributed by atoms with Crippen LogP contribution in [0.5, 0.6) is 0 Å². The summed E-state index contributed by atoms with van der Waals surface area (Å²) in [7, 11) is 0. The van der Waals surface area contributed by atoms with Crippen molar-refractivity contribution in [2.75, 3.05) is 26.2 Å². The maximum atomic E-state index is 13.0. The first-order chi connectivity index (χ1) is 13.5. The number of carbonyl (C=O) groups is 2. The van der Waals surface area contributed by atoms with E-state index in [0.29, 0.717) is 29.6 Å². The number of likely N-dealkylation sites (tertiary alicyclic amines) is 1. The molecule has 2 aromatic rings. The average molecular weight is 437 g/mol. The molecule has 0 radical (unpaired) electrons. The van der Waals surface area contributed by atoms with Crippen molar-refractivity contribution >= 4 is 35.7 Å². The maximum Gasteiger partial charge on any atom is 0.254 e. The molecule has 0 saturated carbocycles. The molecule has 1 saturated heterocycles. The minimum absolute atomic E-state index is 0. The lowest BCUT2D eigenvalue weighted by Gasteiger charge is -2.33. The molecule has 29 heavy (non-hydrogen) atoms. The van der Waals surface area contributed by atoms with E-state index < -0.39 is 0 Å². The van der Waals surface area contributed by atoms with Crippen molar-refractivity contribution in [3.8, 4) is 0 Å². The summed E-state index contributed by atoms with van der Waals surface area (Å²) in [6.07, 6.45) is 1.91. The van der Waals surface area contributed by atoms with Gasteiger partial charge in [-0.2, -0.15) is 0 Å². The predicted molar refractivity (Wildman–Crippen MR) is 113 cm³/mol. The first-order valence-electron chi connectivity index (χ1n) is 9.58. The van der Waals surface area contributed by atoms with Crippen molar-refractivity contribution in [2.45, 2.75) is 19.4 Å². The Balaban J connectivity index is 0.00000240. The Hall–Kier alpha value is -1.95. The Morgan fingerprint density at radius 1 is 1.10 bits per heavy atom. The van der Waals surface area contributed by atoms with Crippen LogP contribution in [0.1, 0.15) is 39.1 Å². The second-order valence-corrected chi connectivity index (χ2v) is 8.07. The SMILES string of the molecule is Cl.O=C(CN1CCC(CN2Cc3cc(Cl)ccc3C2=O)CC1)c1ccc(F)cc1. The Kier molecular flexibility index (Phi) is 6.93. The van der Waals surface area contributed by atoms with Gasteiger partial charge < -0.3 is 4.90 Å². The summed E-state index contributed by atoms with van der Waals surface area (Å²) >= 11 is 6.04. The molecule has 0 aromatic heterocycles. The molecule has 2 aliphatic heterocycles. The van der Waals surface area contributed by atoms with Gasteiger partial charge in [0.05, 0.1) is 6.54 Å². The smallest absolute Gasteiger partial charge is 0.254 e. The molecular formula is C22H23Cl2FN2O2. The molecule has 1 fully saturated rings. The van der Waals surface area contributed by atoms with E-state index in [4.69, 9.17) is 11.6 Å². The summed E-state index contributed by atoms with van der Waals surface area (Å²) < 4.78 is 13.0. The topological polar surface area (TPSA) is 40.6 Å². The highest BCUT2D eigenvalue weighted by molar-refractivity contribution is 6.30. The fourth-order valence-corrected chi connectivity index (χ4v) is 4.26. The lowest BCUT2D eigenvalue weighted by Crippen LogP contribution is -2.40. The van der Waals surface area contributed by atoms with Crippen LogP contribution in [0, 0.1) is 11.7 Å². The number of fused-ring (bicyclic) bond motifs is 1. The van der Waals surface area contributed by atoms with Crippen molar-refractivity contribution in [1.29, 1.82) is 0 Å². The molecule has 2 heterocycles. The minimum Gasteiger partial charge on any atom is -0.334 e. The number of benzene rings is 2. The van der Waals surface area contributed by atoms with Crippen LogP contribution in [0.4, 0.5) is 4.39 Å². The van der Waals surface area contributed by atoms with E-state index in [1.54, 1.807) is 6.07 Å². The summed E-state index contributed by atoms with van der Waals surface area (Å²) in [5, 5.41) is 0.660. The third-order valence-electron chi connectivity index (χ3n) is 5.67. The van der Waals surface area contributed by atoms with E-state index in [0.717, 1.165) is 43.6 Å². The zero-order valence-corrected chi connectivity index (χ0v) is 17.5. The Morgan fingerprint density at radius 2 is 1.79 bits per heavy atom. The van der Waals surface area contributed by atoms with E-state index in [1.165, 1.54) is 24.3 Å². The molecule has 0 N–H and O–H groups in total. The van der Waals surface area contributed by atoms with Gasteiger partial charge in [0.1, 0.15) is 5.82 Å². The van der Waals surface area contributed by atoms with Crippen LogP contribution in [0.3, 0.4) is 0 Å². The van der Waals surface area contributed by atoms with Gasteiger partial charge in [0.25, 0.3) is 5.91 Å². The van der Waals surface area contributed by atoms with E-state index >= 15 is 0 Å². The maximum absolute atomic E-state index is 13.0. The zero-order chi connectivity index (χ0) is 19.7. The number of Topliss-reactive ketones (excluding diaryl/α,β-unsaturated/α-hetero) is 1. The van der Waals surface area contributed by atoms with Crippen LogP contribution >= 0.6 is 24.0 Å². The Bertz CT molecular complexity index is 896. The lowest BCUT2D eigenvalue weighted by molar-refractivity contribution is 0.0707. The van der Waals surface area contributed by atoms with Crippen LogP contribution < -0.4 is 0 Å². The molecule has 2 aromatic carbocycles. The van der Waals surface area contributed by atoms with Crippen molar-refractivity contribution in [1.82, 2.24) is 9.80 Å². The quantitative estimate of drug-likeness (QED) is 0.649. The average Bonchev–Trinajstić information content (AvgIpc) is 2.98. The van der Waals surface area contributed by atoms with Gasteiger partial charge in [-0.25, -0.2) is 4.39 Å². The number of hydrogen-bond acceptors (Lipinski definition) is 3. The van der Waals surface area contributed by atoms with Crippen molar-refractivity contribution in [2.24, 2.45) is 5.92 Å². The van der Waals surface area contributed by atoms with E-state index in [9.17, 15) is 14.0 Å². The second kappa shape index (κ2) is 9.24. The van der Waals surface area contributed by atoms with E-state index in [2.05, 4.69) is 4.90 Å². The molecular weight excluding hydrogens is 414 g/mol. The molecule has 0 unspecified atom stereocenters. The van der Waals surface area contributed by atoms with Gasteiger partial charge >= 0.3 is 0 Å². The molecule has 1 amide bonds. The lowest BCUT2D eigenvalue weighted by atomic mass is 9.95. The van der Waals surface area contributed by atoms with Gasteiger partial charge in [0.2, 0.25) is 0 Å². The largest absolute Gasteiger partial charge is 0.334 e. The fourth-order valence-electron chi connectivity index (χ4n) is 4.07. The van der Waals surface area contributed by atoms with Gasteiger partial charge in [-0.05, 0) is 79.9 Å². The third kappa shape index (κ3) is 4.97. The molecule has 0 spiro atoms. The van der Waals surface area contributed by atoms with Crippen LogP contribution in [-0.4, -0.2) is 47.7 Å². The van der Waals surface area contributed by atoms with Crippen LogP contribution in [0.25, 0.3) is 0 Å². The van der Waals surface area contributed by atoms with Crippen molar-refractivity contribution in [3.05, 3.63) is 70.0 Å². The molecule has 4 rings (SSSR count). The third-order valence-corrected chi connectivity index (χ3v) is 5.90. The highest BCUT2D eigenvalue weighted by Crippen LogP contribution is 2.28. The molecule has 0 bridgehead atoms. The molecule has 2 aliphatic rings. The summed E-state index contributed by atoms with van der Waals surface area (Å²) in [5.41, 5.74) is 2.30. The minimum atomic E-state index is -0.335. The zero-order valence-electron chi connectivity index (χ0n) is 15.9. The number of rotatable bonds is 5. The normalized spacial score (nSPS) is 17.2. The molecule has 7 heteroatoms. The van der Waals surface area contributed by atoms with Gasteiger partial charge in [0, 0.05) is 29.2 Å². The molecule has 0 aliphatic carbocycles. The number of carbonyl (C=O) groups excluding carboxylic acids is 2. The van der Waals surface area contributed by atoms with Gasteiger partial charge in [-0.1, -0.05) is 11.6 Å². The van der Waals surface area contributed by atoms with Crippen LogP contribution in [0.15, 0.2) is 42.5 Å². The van der Waals surface area contributed by atoms with Crippen LogP contribution in [-0.2, 0) is 6.54 Å².